The van der Waals surface area contributed by atoms with Gasteiger partial charge in [0.15, 0.2) is 0 Å². The number of aryl methyl sites for hydroxylation is 1. The summed E-state index contributed by atoms with van der Waals surface area (Å²) in [5.41, 5.74) is 2.59. The van der Waals surface area contributed by atoms with Crippen molar-refractivity contribution >= 4 is 11.9 Å². The first-order valence-electron chi connectivity index (χ1n) is 6.59. The van der Waals surface area contributed by atoms with Crippen molar-refractivity contribution in [2.75, 3.05) is 0 Å². The summed E-state index contributed by atoms with van der Waals surface area (Å²) in [5.74, 6) is -1.38. The van der Waals surface area contributed by atoms with Crippen LogP contribution in [0.2, 0.25) is 0 Å². The SMILES string of the molecule is Cc1cccc(CC(=O)N[C@@H](Cc2cnc[nH]2)C(=O)O)c1. The van der Waals surface area contributed by atoms with Crippen molar-refractivity contribution in [1.29, 1.82) is 0 Å². The second kappa shape index (κ2) is 6.69. The standard InChI is InChI=1S/C15H17N3O3/c1-10-3-2-4-11(5-10)6-14(19)18-13(15(20)21)7-12-8-16-9-17-12/h2-5,8-9,13H,6-7H2,1H3,(H,16,17)(H,18,19)(H,20,21)/t13-/m0/s1. The minimum Gasteiger partial charge on any atom is -0.480 e. The van der Waals surface area contributed by atoms with Crippen LogP contribution in [0, 0.1) is 6.92 Å². The van der Waals surface area contributed by atoms with E-state index in [9.17, 15) is 14.7 Å². The van der Waals surface area contributed by atoms with Crippen LogP contribution in [0.25, 0.3) is 0 Å². The highest BCUT2D eigenvalue weighted by atomic mass is 16.4. The van der Waals surface area contributed by atoms with Crippen LogP contribution in [0.1, 0.15) is 16.8 Å². The van der Waals surface area contributed by atoms with Crippen LogP contribution in [0.5, 0.6) is 0 Å². The van der Waals surface area contributed by atoms with Crippen molar-refractivity contribution in [1.82, 2.24) is 15.3 Å². The lowest BCUT2D eigenvalue weighted by Gasteiger charge is -2.13. The Balaban J connectivity index is 1.96. The van der Waals surface area contributed by atoms with Gasteiger partial charge in [-0.25, -0.2) is 9.78 Å². The predicted molar refractivity (Wildman–Crippen MR) is 76.7 cm³/mol. The number of imidazole rings is 1. The summed E-state index contributed by atoms with van der Waals surface area (Å²) in [5, 5.41) is 11.7. The Kier molecular flexibility index (Phi) is 4.71. The summed E-state index contributed by atoms with van der Waals surface area (Å²) in [7, 11) is 0. The third-order valence-corrected chi connectivity index (χ3v) is 3.06. The Morgan fingerprint density at radius 1 is 1.43 bits per heavy atom. The Labute approximate surface area is 122 Å². The van der Waals surface area contributed by atoms with Crippen LogP contribution < -0.4 is 5.32 Å². The average molecular weight is 287 g/mol. The van der Waals surface area contributed by atoms with E-state index in [0.29, 0.717) is 5.69 Å². The molecule has 2 rings (SSSR count). The van der Waals surface area contributed by atoms with Crippen LogP contribution in [0.4, 0.5) is 0 Å². The molecule has 3 N–H and O–H groups in total. The number of carboxylic acids is 1. The second-order valence-corrected chi connectivity index (χ2v) is 4.91. The molecular formula is C15H17N3O3. The molecule has 0 aliphatic rings. The molecule has 0 aliphatic carbocycles. The molecule has 0 unspecified atom stereocenters. The Morgan fingerprint density at radius 3 is 2.86 bits per heavy atom. The molecule has 0 spiro atoms. The van der Waals surface area contributed by atoms with Crippen molar-refractivity contribution in [3.8, 4) is 0 Å². The third-order valence-electron chi connectivity index (χ3n) is 3.06. The molecule has 21 heavy (non-hydrogen) atoms. The predicted octanol–water partition coefficient (Wildman–Crippen LogP) is 1.07. The molecule has 0 saturated carbocycles. The maximum Gasteiger partial charge on any atom is 0.326 e. The minimum atomic E-state index is -1.07. The summed E-state index contributed by atoms with van der Waals surface area (Å²) >= 11 is 0. The molecule has 6 nitrogen and oxygen atoms in total. The number of aromatic nitrogens is 2. The zero-order chi connectivity index (χ0) is 15.2. The van der Waals surface area contributed by atoms with Gasteiger partial charge in [-0.3, -0.25) is 4.79 Å². The molecule has 0 bridgehead atoms. The van der Waals surface area contributed by atoms with Gasteiger partial charge in [-0.15, -0.1) is 0 Å². The van der Waals surface area contributed by atoms with E-state index in [1.54, 1.807) is 6.20 Å². The Morgan fingerprint density at radius 2 is 2.24 bits per heavy atom. The first-order valence-corrected chi connectivity index (χ1v) is 6.59. The summed E-state index contributed by atoms with van der Waals surface area (Å²) < 4.78 is 0. The smallest absolute Gasteiger partial charge is 0.326 e. The molecule has 110 valence electrons. The van der Waals surface area contributed by atoms with Crippen molar-refractivity contribution in [2.45, 2.75) is 25.8 Å². The zero-order valence-corrected chi connectivity index (χ0v) is 11.7. The van der Waals surface area contributed by atoms with Gasteiger partial charge in [0.2, 0.25) is 5.91 Å². The highest BCUT2D eigenvalue weighted by Gasteiger charge is 2.21. The number of nitrogens with zero attached hydrogens (tertiary/aromatic N) is 1. The minimum absolute atomic E-state index is 0.161. The number of carboxylic acid groups (broad SMARTS) is 1. The molecule has 1 aromatic heterocycles. The van der Waals surface area contributed by atoms with Crippen LogP contribution >= 0.6 is 0 Å². The van der Waals surface area contributed by atoms with Gasteiger partial charge in [-0.05, 0) is 12.5 Å². The summed E-state index contributed by atoms with van der Waals surface area (Å²) in [6, 6.07) is 6.60. The van der Waals surface area contributed by atoms with Gasteiger partial charge in [0.05, 0.1) is 12.7 Å². The topological polar surface area (TPSA) is 95.1 Å². The average Bonchev–Trinajstić information content (AvgIpc) is 2.90. The summed E-state index contributed by atoms with van der Waals surface area (Å²) in [4.78, 5) is 29.8. The van der Waals surface area contributed by atoms with E-state index in [1.165, 1.54) is 6.33 Å². The van der Waals surface area contributed by atoms with Gasteiger partial charge in [0.25, 0.3) is 0 Å². The highest BCUT2D eigenvalue weighted by molar-refractivity contribution is 5.85. The van der Waals surface area contributed by atoms with Gasteiger partial charge < -0.3 is 15.4 Å². The highest BCUT2D eigenvalue weighted by Crippen LogP contribution is 2.05. The van der Waals surface area contributed by atoms with Gasteiger partial charge in [0.1, 0.15) is 6.04 Å². The molecule has 1 amide bonds. The molecule has 6 heteroatoms. The molecular weight excluding hydrogens is 270 g/mol. The summed E-state index contributed by atoms with van der Waals surface area (Å²) in [6.45, 7) is 1.94. The maximum atomic E-state index is 12.0. The van der Waals surface area contributed by atoms with Crippen LogP contribution in [0.3, 0.4) is 0 Å². The van der Waals surface area contributed by atoms with Gasteiger partial charge in [-0.1, -0.05) is 29.8 Å². The fourth-order valence-corrected chi connectivity index (χ4v) is 2.07. The second-order valence-electron chi connectivity index (χ2n) is 4.91. The van der Waals surface area contributed by atoms with Crippen molar-refractivity contribution in [2.24, 2.45) is 0 Å². The molecule has 1 atom stereocenters. The fraction of sp³-hybridized carbons (Fsp3) is 0.267. The van der Waals surface area contributed by atoms with E-state index in [2.05, 4.69) is 15.3 Å². The van der Waals surface area contributed by atoms with Crippen molar-refractivity contribution in [3.63, 3.8) is 0 Å². The number of benzene rings is 1. The molecule has 0 fully saturated rings. The molecule has 0 saturated heterocycles. The number of carbonyl (C=O) groups excluding carboxylic acids is 1. The van der Waals surface area contributed by atoms with E-state index in [-0.39, 0.29) is 18.7 Å². The number of aliphatic carboxylic acids is 1. The first-order chi connectivity index (χ1) is 10.0. The van der Waals surface area contributed by atoms with Crippen LogP contribution in [-0.2, 0) is 22.4 Å². The van der Waals surface area contributed by atoms with E-state index >= 15 is 0 Å². The number of H-pyrrole nitrogens is 1. The Bertz CT molecular complexity index is 623. The lowest BCUT2D eigenvalue weighted by molar-refractivity contribution is -0.141. The van der Waals surface area contributed by atoms with Crippen LogP contribution in [0.15, 0.2) is 36.8 Å². The van der Waals surface area contributed by atoms with E-state index in [4.69, 9.17) is 0 Å². The molecule has 0 radical (unpaired) electrons. The fourth-order valence-electron chi connectivity index (χ4n) is 2.07. The van der Waals surface area contributed by atoms with E-state index in [0.717, 1.165) is 11.1 Å². The Hall–Kier alpha value is -2.63. The monoisotopic (exact) mass is 287 g/mol. The van der Waals surface area contributed by atoms with Crippen molar-refractivity contribution in [3.05, 3.63) is 53.6 Å². The van der Waals surface area contributed by atoms with Gasteiger partial charge >= 0.3 is 5.97 Å². The van der Waals surface area contributed by atoms with E-state index < -0.39 is 12.0 Å². The normalized spacial score (nSPS) is 11.9. The zero-order valence-electron chi connectivity index (χ0n) is 11.7. The summed E-state index contributed by atoms with van der Waals surface area (Å²) in [6.07, 6.45) is 3.36. The number of hydrogen-bond donors (Lipinski definition) is 3. The largest absolute Gasteiger partial charge is 0.480 e. The maximum absolute atomic E-state index is 12.0. The van der Waals surface area contributed by atoms with E-state index in [1.807, 2.05) is 31.2 Å². The number of amides is 1. The number of aromatic amines is 1. The lowest BCUT2D eigenvalue weighted by Crippen LogP contribution is -2.43. The van der Waals surface area contributed by atoms with Crippen molar-refractivity contribution < 1.29 is 14.7 Å². The number of rotatable bonds is 6. The lowest BCUT2D eigenvalue weighted by atomic mass is 10.1. The first kappa shape index (κ1) is 14.8. The van der Waals surface area contributed by atoms with Gasteiger partial charge in [-0.2, -0.15) is 0 Å². The molecule has 1 aromatic carbocycles. The molecule has 0 aliphatic heterocycles. The van der Waals surface area contributed by atoms with Crippen LogP contribution in [-0.4, -0.2) is 33.0 Å². The molecule has 2 aromatic rings. The third kappa shape index (κ3) is 4.45. The van der Waals surface area contributed by atoms with Gasteiger partial charge in [0, 0.05) is 18.3 Å². The number of carbonyl (C=O) groups is 2. The number of hydrogen-bond acceptors (Lipinski definition) is 3. The quantitative estimate of drug-likeness (QED) is 0.740. The molecule has 1 heterocycles. The number of nitrogens with one attached hydrogen (secondary N) is 2.